The van der Waals surface area contributed by atoms with Crippen LogP contribution in [-0.4, -0.2) is 68.5 Å². The molecule has 0 aliphatic heterocycles. The number of quaternary nitrogens is 1. The smallest absolute Gasteiger partial charge is 0.268 e. The number of hydrogen-bond donors (Lipinski definition) is 2. The third-order valence-electron chi connectivity index (χ3n) is 8.10. The first kappa shape index (κ1) is 42.5. The number of amides is 1. The topological polar surface area (TPSA) is 108 Å². The van der Waals surface area contributed by atoms with Gasteiger partial charge in [-0.1, -0.05) is 142 Å². The summed E-state index contributed by atoms with van der Waals surface area (Å²) in [5.74, 6) is -0.168. The lowest BCUT2D eigenvalue weighted by Gasteiger charge is -2.30. The van der Waals surface area contributed by atoms with E-state index in [0.29, 0.717) is 23.9 Å². The van der Waals surface area contributed by atoms with Crippen LogP contribution in [0.2, 0.25) is 0 Å². The molecular weight excluding hydrogens is 563 g/mol. The lowest BCUT2D eigenvalue weighted by molar-refractivity contribution is -0.870. The van der Waals surface area contributed by atoms with Crippen LogP contribution in [0.4, 0.5) is 0 Å². The Balaban J connectivity index is 4.50. The maximum absolute atomic E-state index is 12.7. The van der Waals surface area contributed by atoms with Crippen LogP contribution in [0.3, 0.4) is 0 Å². The fourth-order valence-electron chi connectivity index (χ4n) is 5.16. The van der Waals surface area contributed by atoms with Crippen molar-refractivity contribution >= 4 is 13.7 Å². The van der Waals surface area contributed by atoms with Crippen molar-refractivity contribution in [1.82, 2.24) is 5.32 Å². The molecule has 0 rings (SSSR count). The Morgan fingerprint density at radius 1 is 0.721 bits per heavy atom. The molecule has 1 unspecified atom stereocenters. The van der Waals surface area contributed by atoms with Crippen LogP contribution in [0.5, 0.6) is 0 Å². The maximum Gasteiger partial charge on any atom is 0.268 e. The van der Waals surface area contributed by atoms with E-state index >= 15 is 0 Å². The van der Waals surface area contributed by atoms with Gasteiger partial charge in [-0.25, -0.2) is 0 Å². The van der Waals surface area contributed by atoms with E-state index in [9.17, 15) is 19.4 Å². The average Bonchev–Trinajstić information content (AvgIpc) is 2.94. The molecule has 0 aliphatic carbocycles. The van der Waals surface area contributed by atoms with Crippen molar-refractivity contribution in [3.05, 3.63) is 0 Å². The number of hydrogen-bond acceptors (Lipinski definition) is 6. The highest BCUT2D eigenvalue weighted by Crippen LogP contribution is 2.38. The Kier molecular flexibility index (Phi) is 27.5. The summed E-state index contributed by atoms with van der Waals surface area (Å²) in [5, 5.41) is 13.7. The van der Waals surface area contributed by atoms with Crippen LogP contribution in [0.1, 0.15) is 162 Å². The van der Waals surface area contributed by atoms with Gasteiger partial charge in [0, 0.05) is 6.42 Å². The molecule has 0 fully saturated rings. The molecule has 8 nitrogen and oxygen atoms in total. The third kappa shape index (κ3) is 29.9. The van der Waals surface area contributed by atoms with Crippen LogP contribution in [-0.2, 0) is 18.4 Å². The van der Waals surface area contributed by atoms with Crippen molar-refractivity contribution < 1.29 is 32.9 Å². The SMILES string of the molecule is CCCCCCCCCCCCCC(=O)N[C@@H](COP(=O)([O-])OCC[N+](C)(C)C)[C@H](O)CCCCCCCCCCCC. The molecule has 0 aromatic heterocycles. The highest BCUT2D eigenvalue weighted by molar-refractivity contribution is 7.45. The lowest BCUT2D eigenvalue weighted by Crippen LogP contribution is -2.46. The van der Waals surface area contributed by atoms with Crippen molar-refractivity contribution in [2.75, 3.05) is 40.9 Å². The molecule has 0 aromatic rings. The van der Waals surface area contributed by atoms with E-state index in [4.69, 9.17) is 9.05 Å². The first-order valence-electron chi connectivity index (χ1n) is 17.9. The summed E-state index contributed by atoms with van der Waals surface area (Å²) in [6.45, 7) is 4.67. The predicted molar refractivity (Wildman–Crippen MR) is 178 cm³/mol. The molecule has 258 valence electrons. The molecule has 0 spiro atoms. The minimum atomic E-state index is -4.54. The molecule has 2 N–H and O–H groups in total. The van der Waals surface area contributed by atoms with E-state index in [1.165, 1.54) is 96.3 Å². The molecule has 0 saturated carbocycles. The zero-order chi connectivity index (χ0) is 32.2. The molecule has 9 heteroatoms. The maximum atomic E-state index is 12.7. The standard InChI is InChI=1S/C34H71N2O6P/c1-6-8-10-12-14-16-18-20-22-24-26-28-34(38)35-32(31-42-43(39,40)41-30-29-36(3,4)5)33(37)27-25-23-21-19-17-15-13-11-9-7-2/h32-33,37H,6-31H2,1-5H3,(H-,35,38,39,40)/t32-,33+/m0/s1. The average molecular weight is 635 g/mol. The quantitative estimate of drug-likeness (QED) is 0.0440. The minimum Gasteiger partial charge on any atom is -0.756 e. The van der Waals surface area contributed by atoms with Crippen molar-refractivity contribution in [2.24, 2.45) is 0 Å². The summed E-state index contributed by atoms with van der Waals surface area (Å²) in [5.41, 5.74) is 0. The number of nitrogens with zero attached hydrogens (tertiary/aromatic N) is 1. The van der Waals surface area contributed by atoms with Crippen LogP contribution in [0.15, 0.2) is 0 Å². The highest BCUT2D eigenvalue weighted by atomic mass is 31.2. The lowest BCUT2D eigenvalue weighted by atomic mass is 10.0. The molecule has 0 heterocycles. The van der Waals surface area contributed by atoms with Crippen molar-refractivity contribution in [2.45, 2.75) is 174 Å². The van der Waals surface area contributed by atoms with Gasteiger partial charge in [-0.15, -0.1) is 0 Å². The van der Waals surface area contributed by atoms with Gasteiger partial charge < -0.3 is 28.8 Å². The number of rotatable bonds is 32. The number of nitrogens with one attached hydrogen (secondary N) is 1. The Morgan fingerprint density at radius 2 is 1.14 bits per heavy atom. The second kappa shape index (κ2) is 27.8. The van der Waals surface area contributed by atoms with Crippen molar-refractivity contribution in [3.8, 4) is 0 Å². The van der Waals surface area contributed by atoms with E-state index in [2.05, 4.69) is 19.2 Å². The number of carbonyl (C=O) groups excluding carboxylic acids is 1. The van der Waals surface area contributed by atoms with Crippen LogP contribution in [0.25, 0.3) is 0 Å². The molecule has 0 bridgehead atoms. The number of likely N-dealkylation sites (N-methyl/N-ethyl adjacent to an activating group) is 1. The number of unbranched alkanes of at least 4 members (excludes halogenated alkanes) is 19. The number of aliphatic hydroxyl groups is 1. The molecule has 1 amide bonds. The molecule has 0 saturated heterocycles. The van der Waals surface area contributed by atoms with E-state index in [1.807, 2.05) is 21.1 Å². The third-order valence-corrected chi connectivity index (χ3v) is 9.06. The van der Waals surface area contributed by atoms with Gasteiger partial charge in [0.2, 0.25) is 5.91 Å². The zero-order valence-corrected chi connectivity index (χ0v) is 29.8. The van der Waals surface area contributed by atoms with Gasteiger partial charge in [0.1, 0.15) is 13.2 Å². The number of aliphatic hydroxyl groups excluding tert-OH is 1. The summed E-state index contributed by atoms with van der Waals surface area (Å²) >= 11 is 0. The van der Waals surface area contributed by atoms with E-state index < -0.39 is 20.0 Å². The van der Waals surface area contributed by atoms with Gasteiger partial charge in [-0.2, -0.15) is 0 Å². The summed E-state index contributed by atoms with van der Waals surface area (Å²) in [6.07, 6.45) is 25.3. The van der Waals surface area contributed by atoms with E-state index in [-0.39, 0.29) is 19.1 Å². The molecular formula is C34H71N2O6P. The zero-order valence-electron chi connectivity index (χ0n) is 28.9. The second-order valence-corrected chi connectivity index (χ2v) is 15.0. The summed E-state index contributed by atoms with van der Waals surface area (Å²) < 4.78 is 23.1. The van der Waals surface area contributed by atoms with E-state index in [1.54, 1.807) is 0 Å². The molecule has 0 radical (unpaired) electrons. The fourth-order valence-corrected chi connectivity index (χ4v) is 5.88. The van der Waals surface area contributed by atoms with Gasteiger partial charge >= 0.3 is 0 Å². The summed E-state index contributed by atoms with van der Waals surface area (Å²) in [7, 11) is 1.31. The Morgan fingerprint density at radius 3 is 1.58 bits per heavy atom. The number of carbonyl (C=O) groups is 1. The first-order chi connectivity index (χ1) is 20.5. The van der Waals surface area contributed by atoms with Gasteiger partial charge in [0.15, 0.2) is 0 Å². The molecule has 0 aromatic carbocycles. The van der Waals surface area contributed by atoms with Gasteiger partial charge in [-0.3, -0.25) is 9.36 Å². The number of phosphoric ester groups is 1. The van der Waals surface area contributed by atoms with Crippen LogP contribution in [0, 0.1) is 0 Å². The van der Waals surface area contributed by atoms with E-state index in [0.717, 1.165) is 38.5 Å². The minimum absolute atomic E-state index is 0.0152. The predicted octanol–water partition coefficient (Wildman–Crippen LogP) is 8.05. The van der Waals surface area contributed by atoms with Crippen LogP contribution < -0.4 is 10.2 Å². The molecule has 3 atom stereocenters. The fraction of sp³-hybridized carbons (Fsp3) is 0.971. The molecule has 0 aliphatic rings. The summed E-state index contributed by atoms with van der Waals surface area (Å²) in [4.78, 5) is 25.0. The first-order valence-corrected chi connectivity index (χ1v) is 19.3. The Bertz CT molecular complexity index is 688. The Hall–Kier alpha value is -0.500. The van der Waals surface area contributed by atoms with Gasteiger partial charge in [-0.05, 0) is 12.8 Å². The monoisotopic (exact) mass is 635 g/mol. The largest absolute Gasteiger partial charge is 0.756 e. The van der Waals surface area contributed by atoms with Crippen LogP contribution >= 0.6 is 7.82 Å². The summed E-state index contributed by atoms with van der Waals surface area (Å²) in [6, 6.07) is -0.789. The molecule has 43 heavy (non-hydrogen) atoms. The van der Waals surface area contributed by atoms with Crippen molar-refractivity contribution in [3.63, 3.8) is 0 Å². The second-order valence-electron chi connectivity index (χ2n) is 13.6. The Labute approximate surface area is 266 Å². The van der Waals surface area contributed by atoms with Crippen molar-refractivity contribution in [1.29, 1.82) is 0 Å². The normalized spacial score (nSPS) is 14.9. The number of phosphoric acid groups is 1. The highest BCUT2D eigenvalue weighted by Gasteiger charge is 2.24. The van der Waals surface area contributed by atoms with Gasteiger partial charge in [0.25, 0.3) is 7.82 Å². The van der Waals surface area contributed by atoms with Gasteiger partial charge in [0.05, 0.1) is 39.9 Å².